The van der Waals surface area contributed by atoms with Gasteiger partial charge in [-0.2, -0.15) is 0 Å². The van der Waals surface area contributed by atoms with Gasteiger partial charge < -0.3 is 0 Å². The van der Waals surface area contributed by atoms with Crippen molar-refractivity contribution in [3.63, 3.8) is 0 Å². The third kappa shape index (κ3) is 1.18. The Bertz CT molecular complexity index is 447. The number of hydrogen-bond acceptors (Lipinski definition) is 2. The molecule has 2 nitrogen and oxygen atoms in total. The smallest absolute Gasteiger partial charge is 0.116 e. The van der Waals surface area contributed by atoms with E-state index in [4.69, 9.17) is 0 Å². The summed E-state index contributed by atoms with van der Waals surface area (Å²) in [6, 6.07) is 6.49. The van der Waals surface area contributed by atoms with E-state index < -0.39 is 0 Å². The second-order valence-electron chi connectivity index (χ2n) is 3.62. The molecule has 0 radical (unpaired) electrons. The fourth-order valence-corrected chi connectivity index (χ4v) is 1.67. The Labute approximate surface area is 76.6 Å². The fraction of sp³-hybridized carbons (Fsp3) is 0.273. The van der Waals surface area contributed by atoms with E-state index in [-0.39, 0.29) is 0 Å². The van der Waals surface area contributed by atoms with Crippen molar-refractivity contribution >= 4 is 10.9 Å². The Morgan fingerprint density at radius 3 is 3.00 bits per heavy atom. The molecular formula is C11H10N2. The van der Waals surface area contributed by atoms with Crippen LogP contribution in [-0.2, 0) is 0 Å². The van der Waals surface area contributed by atoms with E-state index >= 15 is 0 Å². The van der Waals surface area contributed by atoms with E-state index in [1.807, 2.05) is 6.20 Å². The van der Waals surface area contributed by atoms with Gasteiger partial charge in [0.05, 0.1) is 5.52 Å². The van der Waals surface area contributed by atoms with E-state index in [1.54, 1.807) is 6.33 Å². The van der Waals surface area contributed by atoms with E-state index in [2.05, 4.69) is 28.2 Å². The standard InChI is InChI=1S/C11H10N2/c1-2-8(1)9-3-4-11-10(5-9)6-12-7-13-11/h3-8H,1-2H2. The average Bonchev–Trinajstić information content (AvgIpc) is 3.00. The molecule has 0 atom stereocenters. The fourth-order valence-electron chi connectivity index (χ4n) is 1.67. The first kappa shape index (κ1) is 7.01. The maximum absolute atomic E-state index is 4.19. The van der Waals surface area contributed by atoms with Crippen LogP contribution in [0.1, 0.15) is 24.3 Å². The van der Waals surface area contributed by atoms with Crippen LogP contribution in [0.4, 0.5) is 0 Å². The second kappa shape index (κ2) is 2.52. The van der Waals surface area contributed by atoms with E-state index in [9.17, 15) is 0 Å². The minimum absolute atomic E-state index is 0.810. The van der Waals surface area contributed by atoms with E-state index in [0.29, 0.717) is 0 Å². The van der Waals surface area contributed by atoms with Crippen LogP contribution < -0.4 is 0 Å². The minimum atomic E-state index is 0.810. The van der Waals surface area contributed by atoms with Crippen LogP contribution in [-0.4, -0.2) is 9.97 Å². The highest BCUT2D eigenvalue weighted by molar-refractivity contribution is 5.78. The predicted octanol–water partition coefficient (Wildman–Crippen LogP) is 2.51. The summed E-state index contributed by atoms with van der Waals surface area (Å²) in [7, 11) is 0. The molecule has 1 aliphatic carbocycles. The minimum Gasteiger partial charge on any atom is -0.244 e. The zero-order chi connectivity index (χ0) is 8.67. The first-order chi connectivity index (χ1) is 6.43. The van der Waals surface area contributed by atoms with Gasteiger partial charge in [0.2, 0.25) is 0 Å². The molecule has 1 fully saturated rings. The lowest BCUT2D eigenvalue weighted by molar-refractivity contribution is 1.13. The molecule has 0 bridgehead atoms. The molecule has 2 heteroatoms. The molecule has 3 rings (SSSR count). The van der Waals surface area contributed by atoms with Crippen LogP contribution in [0.15, 0.2) is 30.7 Å². The van der Waals surface area contributed by atoms with Gasteiger partial charge in [-0.15, -0.1) is 0 Å². The Morgan fingerprint density at radius 1 is 1.23 bits per heavy atom. The van der Waals surface area contributed by atoms with Crippen LogP contribution in [0.5, 0.6) is 0 Å². The Morgan fingerprint density at radius 2 is 2.15 bits per heavy atom. The molecule has 0 unspecified atom stereocenters. The third-order valence-electron chi connectivity index (χ3n) is 2.58. The zero-order valence-corrected chi connectivity index (χ0v) is 7.27. The maximum Gasteiger partial charge on any atom is 0.116 e. The van der Waals surface area contributed by atoms with Crippen LogP contribution in [0.2, 0.25) is 0 Å². The van der Waals surface area contributed by atoms with Gasteiger partial charge in [0.1, 0.15) is 6.33 Å². The van der Waals surface area contributed by atoms with Gasteiger partial charge in [0.25, 0.3) is 0 Å². The molecule has 0 saturated heterocycles. The van der Waals surface area contributed by atoms with Crippen molar-refractivity contribution in [2.24, 2.45) is 0 Å². The molecular weight excluding hydrogens is 160 g/mol. The predicted molar refractivity (Wildman–Crippen MR) is 51.5 cm³/mol. The van der Waals surface area contributed by atoms with Crippen LogP contribution in [0.3, 0.4) is 0 Å². The lowest BCUT2D eigenvalue weighted by atomic mass is 10.1. The van der Waals surface area contributed by atoms with E-state index in [0.717, 1.165) is 16.8 Å². The highest BCUT2D eigenvalue weighted by Crippen LogP contribution is 2.40. The number of rotatable bonds is 1. The summed E-state index contributed by atoms with van der Waals surface area (Å²) < 4.78 is 0. The van der Waals surface area contributed by atoms with Crippen LogP contribution >= 0.6 is 0 Å². The first-order valence-corrected chi connectivity index (χ1v) is 4.63. The summed E-state index contributed by atoms with van der Waals surface area (Å²) in [6.07, 6.45) is 6.17. The molecule has 0 amide bonds. The largest absolute Gasteiger partial charge is 0.244 e. The summed E-state index contributed by atoms with van der Waals surface area (Å²) in [4.78, 5) is 8.21. The molecule has 1 saturated carbocycles. The molecule has 64 valence electrons. The first-order valence-electron chi connectivity index (χ1n) is 4.63. The van der Waals surface area contributed by atoms with Gasteiger partial charge >= 0.3 is 0 Å². The normalized spacial score (nSPS) is 16.3. The van der Waals surface area contributed by atoms with Gasteiger partial charge in [-0.05, 0) is 36.5 Å². The molecule has 13 heavy (non-hydrogen) atoms. The van der Waals surface area contributed by atoms with Crippen molar-refractivity contribution in [1.82, 2.24) is 9.97 Å². The van der Waals surface area contributed by atoms with Crippen LogP contribution in [0.25, 0.3) is 10.9 Å². The molecule has 1 aromatic carbocycles. The summed E-state index contributed by atoms with van der Waals surface area (Å²) in [5.41, 5.74) is 2.49. The van der Waals surface area contributed by atoms with Gasteiger partial charge in [-0.25, -0.2) is 9.97 Å². The van der Waals surface area contributed by atoms with Crippen molar-refractivity contribution in [2.45, 2.75) is 18.8 Å². The highest BCUT2D eigenvalue weighted by Gasteiger charge is 2.23. The molecule has 1 heterocycles. The molecule has 0 N–H and O–H groups in total. The van der Waals surface area contributed by atoms with Gasteiger partial charge in [0.15, 0.2) is 0 Å². The Balaban J connectivity index is 2.21. The summed E-state index contributed by atoms with van der Waals surface area (Å²) in [5, 5.41) is 1.16. The highest BCUT2D eigenvalue weighted by atomic mass is 14.8. The number of nitrogens with zero attached hydrogens (tertiary/aromatic N) is 2. The van der Waals surface area contributed by atoms with Crippen molar-refractivity contribution in [2.75, 3.05) is 0 Å². The topological polar surface area (TPSA) is 25.8 Å². The van der Waals surface area contributed by atoms with Crippen molar-refractivity contribution in [3.8, 4) is 0 Å². The lowest BCUT2D eigenvalue weighted by Crippen LogP contribution is -1.83. The maximum atomic E-state index is 4.19. The summed E-state index contributed by atoms with van der Waals surface area (Å²) >= 11 is 0. The SMILES string of the molecule is c1ncc2cc(C3CC3)ccc2n1. The molecule has 0 aliphatic heterocycles. The van der Waals surface area contributed by atoms with E-state index in [1.165, 1.54) is 18.4 Å². The third-order valence-corrected chi connectivity index (χ3v) is 2.58. The van der Waals surface area contributed by atoms with Gasteiger partial charge in [-0.1, -0.05) is 6.07 Å². The van der Waals surface area contributed by atoms with Crippen molar-refractivity contribution in [3.05, 3.63) is 36.3 Å². The Hall–Kier alpha value is -1.44. The number of benzene rings is 1. The quantitative estimate of drug-likeness (QED) is 0.657. The molecule has 1 aliphatic rings. The summed E-state index contributed by atoms with van der Waals surface area (Å²) in [5.74, 6) is 0.810. The number of hydrogen-bond donors (Lipinski definition) is 0. The van der Waals surface area contributed by atoms with Gasteiger partial charge in [0, 0.05) is 11.6 Å². The second-order valence-corrected chi connectivity index (χ2v) is 3.62. The Kier molecular flexibility index (Phi) is 1.36. The van der Waals surface area contributed by atoms with Crippen LogP contribution in [0, 0.1) is 0 Å². The molecule has 1 aromatic heterocycles. The van der Waals surface area contributed by atoms with Crippen molar-refractivity contribution in [1.29, 1.82) is 0 Å². The average molecular weight is 170 g/mol. The molecule has 0 spiro atoms. The molecule has 2 aromatic rings. The van der Waals surface area contributed by atoms with Crippen molar-refractivity contribution < 1.29 is 0 Å². The number of aromatic nitrogens is 2. The lowest BCUT2D eigenvalue weighted by Gasteiger charge is -1.99. The summed E-state index contributed by atoms with van der Waals surface area (Å²) in [6.45, 7) is 0. The monoisotopic (exact) mass is 170 g/mol. The zero-order valence-electron chi connectivity index (χ0n) is 7.27. The number of fused-ring (bicyclic) bond motifs is 1. The van der Waals surface area contributed by atoms with Gasteiger partial charge in [-0.3, -0.25) is 0 Å².